The van der Waals surface area contributed by atoms with Crippen molar-refractivity contribution in [1.82, 2.24) is 25.0 Å². The van der Waals surface area contributed by atoms with Gasteiger partial charge in [0.25, 0.3) is 5.56 Å². The summed E-state index contributed by atoms with van der Waals surface area (Å²) in [5.74, 6) is 0.0801. The Bertz CT molecular complexity index is 1070. The lowest BCUT2D eigenvalue weighted by Crippen LogP contribution is -2.14. The van der Waals surface area contributed by atoms with Gasteiger partial charge in [-0.1, -0.05) is 17.3 Å². The van der Waals surface area contributed by atoms with Gasteiger partial charge in [0.1, 0.15) is 17.2 Å². The highest BCUT2D eigenvalue weighted by molar-refractivity contribution is 5.77. The molecule has 0 saturated carbocycles. The summed E-state index contributed by atoms with van der Waals surface area (Å²) in [6.45, 7) is 0.518. The average molecular weight is 309 g/mol. The Morgan fingerprint density at radius 3 is 2.91 bits per heavy atom. The first-order chi connectivity index (χ1) is 11.2. The van der Waals surface area contributed by atoms with Crippen molar-refractivity contribution in [2.45, 2.75) is 13.0 Å². The Morgan fingerprint density at radius 1 is 1.13 bits per heavy atom. The number of aromatic nitrogens is 5. The highest BCUT2D eigenvalue weighted by Crippen LogP contribution is 2.12. The number of aromatic amines is 1. The molecule has 4 aromatic rings. The number of nitrogens with zero attached hydrogens (tertiary/aromatic N) is 4. The second-order valence-corrected chi connectivity index (χ2v) is 5.23. The third-order valence-corrected chi connectivity index (χ3v) is 3.70. The summed E-state index contributed by atoms with van der Waals surface area (Å²) < 4.78 is 15.1. The van der Waals surface area contributed by atoms with Gasteiger partial charge in [0, 0.05) is 12.5 Å². The van der Waals surface area contributed by atoms with Crippen LogP contribution in [0.3, 0.4) is 0 Å². The van der Waals surface area contributed by atoms with Crippen LogP contribution in [0.2, 0.25) is 0 Å². The van der Waals surface area contributed by atoms with E-state index in [2.05, 4.69) is 20.3 Å². The Hall–Kier alpha value is -3.09. The maximum atomic E-state index is 13.3. The van der Waals surface area contributed by atoms with E-state index in [1.54, 1.807) is 4.68 Å². The predicted octanol–water partition coefficient (Wildman–Crippen LogP) is 2.05. The lowest BCUT2D eigenvalue weighted by molar-refractivity contribution is 0.593. The van der Waals surface area contributed by atoms with Crippen molar-refractivity contribution >= 4 is 21.9 Å². The summed E-state index contributed by atoms with van der Waals surface area (Å²) in [5, 5.41) is 8.55. The second-order valence-electron chi connectivity index (χ2n) is 5.23. The van der Waals surface area contributed by atoms with Crippen molar-refractivity contribution in [1.29, 1.82) is 0 Å². The summed E-state index contributed by atoms with van der Waals surface area (Å²) in [7, 11) is 0. The fraction of sp³-hybridized carbons (Fsp3) is 0.125. The second kappa shape index (κ2) is 5.28. The Balaban J connectivity index is 1.66. The third kappa shape index (κ3) is 2.46. The van der Waals surface area contributed by atoms with Crippen molar-refractivity contribution in [3.8, 4) is 0 Å². The number of hydrogen-bond acceptors (Lipinski definition) is 4. The molecule has 23 heavy (non-hydrogen) atoms. The third-order valence-electron chi connectivity index (χ3n) is 3.70. The van der Waals surface area contributed by atoms with Gasteiger partial charge < -0.3 is 4.98 Å². The van der Waals surface area contributed by atoms with Gasteiger partial charge in [0.15, 0.2) is 0 Å². The van der Waals surface area contributed by atoms with Crippen LogP contribution in [0.15, 0.2) is 47.3 Å². The van der Waals surface area contributed by atoms with E-state index in [-0.39, 0.29) is 5.56 Å². The average Bonchev–Trinajstić information content (AvgIpc) is 2.96. The number of rotatable bonds is 3. The molecule has 0 aliphatic carbocycles. The molecule has 0 amide bonds. The molecule has 6 nitrogen and oxygen atoms in total. The van der Waals surface area contributed by atoms with Crippen molar-refractivity contribution < 1.29 is 4.39 Å². The smallest absolute Gasteiger partial charge is 0.258 e. The van der Waals surface area contributed by atoms with Gasteiger partial charge in [-0.2, -0.15) is 0 Å². The van der Waals surface area contributed by atoms with E-state index >= 15 is 0 Å². The van der Waals surface area contributed by atoms with E-state index < -0.39 is 5.82 Å². The van der Waals surface area contributed by atoms with Crippen LogP contribution in [0.4, 0.5) is 4.39 Å². The molecule has 0 unspecified atom stereocenters. The van der Waals surface area contributed by atoms with E-state index in [1.807, 2.05) is 24.3 Å². The molecule has 0 saturated heterocycles. The first kappa shape index (κ1) is 13.6. The summed E-state index contributed by atoms with van der Waals surface area (Å²) >= 11 is 0. The quantitative estimate of drug-likeness (QED) is 0.628. The van der Waals surface area contributed by atoms with Crippen molar-refractivity contribution in [3.05, 3.63) is 64.5 Å². The molecule has 0 fully saturated rings. The van der Waals surface area contributed by atoms with Crippen LogP contribution < -0.4 is 5.56 Å². The Kier molecular flexibility index (Phi) is 3.11. The molecule has 0 aliphatic rings. The maximum Gasteiger partial charge on any atom is 0.258 e. The molecule has 114 valence electrons. The molecule has 0 atom stereocenters. The van der Waals surface area contributed by atoms with Gasteiger partial charge in [0.05, 0.1) is 23.0 Å². The number of benzene rings is 2. The molecule has 2 aromatic heterocycles. The van der Waals surface area contributed by atoms with E-state index in [1.165, 1.54) is 18.2 Å². The van der Waals surface area contributed by atoms with Crippen LogP contribution in [0.25, 0.3) is 21.9 Å². The van der Waals surface area contributed by atoms with Crippen LogP contribution in [0.5, 0.6) is 0 Å². The minimum Gasteiger partial charge on any atom is -0.310 e. The maximum absolute atomic E-state index is 13.3. The zero-order valence-electron chi connectivity index (χ0n) is 12.0. The van der Waals surface area contributed by atoms with Crippen LogP contribution >= 0.6 is 0 Å². The largest absolute Gasteiger partial charge is 0.310 e. The highest BCUT2D eigenvalue weighted by atomic mass is 19.1. The molecule has 0 aliphatic heterocycles. The first-order valence-electron chi connectivity index (χ1n) is 7.17. The van der Waals surface area contributed by atoms with E-state index in [0.717, 1.165) is 11.0 Å². The zero-order valence-corrected chi connectivity index (χ0v) is 12.0. The summed E-state index contributed by atoms with van der Waals surface area (Å²) in [6, 6.07) is 11.6. The number of aryl methyl sites for hydroxylation is 2. The van der Waals surface area contributed by atoms with Crippen LogP contribution in [-0.2, 0) is 13.0 Å². The fourth-order valence-corrected chi connectivity index (χ4v) is 2.57. The van der Waals surface area contributed by atoms with Crippen LogP contribution in [-0.4, -0.2) is 25.0 Å². The lowest BCUT2D eigenvalue weighted by atomic mass is 10.2. The lowest BCUT2D eigenvalue weighted by Gasteiger charge is -2.04. The van der Waals surface area contributed by atoms with Gasteiger partial charge in [-0.15, -0.1) is 5.10 Å². The standard InChI is InChI=1S/C16H12FN5O/c17-10-5-6-11-13(9-10)18-15(19-16(11)23)7-8-22-14-4-2-1-3-12(14)20-21-22/h1-6,9H,7-8H2,(H,18,19,23). The van der Waals surface area contributed by atoms with E-state index in [9.17, 15) is 9.18 Å². The molecular weight excluding hydrogens is 297 g/mol. The van der Waals surface area contributed by atoms with Crippen molar-refractivity contribution in [2.75, 3.05) is 0 Å². The number of H-pyrrole nitrogens is 1. The van der Waals surface area contributed by atoms with Crippen LogP contribution in [0, 0.1) is 5.82 Å². The topological polar surface area (TPSA) is 76.5 Å². The van der Waals surface area contributed by atoms with Gasteiger partial charge in [-0.3, -0.25) is 4.79 Å². The van der Waals surface area contributed by atoms with Gasteiger partial charge in [-0.25, -0.2) is 14.1 Å². The minimum absolute atomic E-state index is 0.270. The zero-order chi connectivity index (χ0) is 15.8. The molecule has 2 heterocycles. The molecule has 0 radical (unpaired) electrons. The molecule has 7 heteroatoms. The first-order valence-corrected chi connectivity index (χ1v) is 7.17. The highest BCUT2D eigenvalue weighted by Gasteiger charge is 2.07. The van der Waals surface area contributed by atoms with Crippen molar-refractivity contribution in [3.63, 3.8) is 0 Å². The molecule has 0 spiro atoms. The molecule has 0 bridgehead atoms. The monoisotopic (exact) mass is 309 g/mol. The van der Waals surface area contributed by atoms with E-state index in [0.29, 0.717) is 29.7 Å². The normalized spacial score (nSPS) is 11.3. The number of halogens is 1. The minimum atomic E-state index is -0.413. The van der Waals surface area contributed by atoms with Gasteiger partial charge >= 0.3 is 0 Å². The van der Waals surface area contributed by atoms with Gasteiger partial charge in [-0.05, 0) is 24.3 Å². The number of nitrogens with one attached hydrogen (secondary N) is 1. The SMILES string of the molecule is O=c1[nH]c(CCn2nnc3ccccc32)nc2cc(F)ccc12. The molecule has 4 rings (SSSR count). The summed E-state index contributed by atoms with van der Waals surface area (Å²) in [4.78, 5) is 19.1. The van der Waals surface area contributed by atoms with Crippen molar-refractivity contribution in [2.24, 2.45) is 0 Å². The number of fused-ring (bicyclic) bond motifs is 2. The molecule has 2 aromatic carbocycles. The molecule has 1 N–H and O–H groups in total. The van der Waals surface area contributed by atoms with Crippen LogP contribution in [0.1, 0.15) is 5.82 Å². The molecular formula is C16H12FN5O. The number of hydrogen-bond donors (Lipinski definition) is 1. The fourth-order valence-electron chi connectivity index (χ4n) is 2.57. The van der Waals surface area contributed by atoms with E-state index in [4.69, 9.17) is 0 Å². The van der Waals surface area contributed by atoms with Gasteiger partial charge in [0.2, 0.25) is 0 Å². The summed E-state index contributed by atoms with van der Waals surface area (Å²) in [5.41, 5.74) is 1.82. The Labute approximate surface area is 129 Å². The summed E-state index contributed by atoms with van der Waals surface area (Å²) in [6.07, 6.45) is 0.467. The predicted molar refractivity (Wildman–Crippen MR) is 83.6 cm³/mol. The number of para-hydroxylation sites is 1. The Morgan fingerprint density at radius 2 is 2.00 bits per heavy atom.